The van der Waals surface area contributed by atoms with Crippen LogP contribution in [0.1, 0.15) is 13.3 Å². The number of nitrogens with zero attached hydrogens (tertiary/aromatic N) is 1. The Morgan fingerprint density at radius 3 is 1.71 bits per heavy atom. The summed E-state index contributed by atoms with van der Waals surface area (Å²) in [5, 5.41) is 0. The largest absolute Gasteiger partial charge is 0.142 e. The number of hydrogen-bond acceptors (Lipinski definition) is 3. The third kappa shape index (κ3) is 5.84. The lowest BCUT2D eigenvalue weighted by Crippen LogP contribution is -2.66. The van der Waals surface area contributed by atoms with Crippen molar-refractivity contribution >= 4 is 0 Å². The molecule has 0 spiro atoms. The molecule has 0 aromatic heterocycles. The van der Waals surface area contributed by atoms with E-state index < -0.39 is 4.81 Å². The summed E-state index contributed by atoms with van der Waals surface area (Å²) in [4.78, 5) is -0.406. The maximum atomic E-state index is 5.14. The molecule has 44 valence electrons. The van der Waals surface area contributed by atoms with Gasteiger partial charge in [0.05, 0.1) is 0 Å². The Labute approximate surface area is 43.4 Å². The second kappa shape index (κ2) is 2.23. The van der Waals surface area contributed by atoms with E-state index in [2.05, 4.69) is 0 Å². The molecule has 4 heteroatoms. The zero-order valence-electron chi connectivity index (χ0n) is 4.59. The summed E-state index contributed by atoms with van der Waals surface area (Å²) in [6, 6.07) is 0. The van der Waals surface area contributed by atoms with Crippen molar-refractivity contribution in [3.63, 3.8) is 0 Å². The van der Waals surface area contributed by atoms with Crippen molar-refractivity contribution in [2.24, 2.45) is 17.5 Å². The van der Waals surface area contributed by atoms with Crippen LogP contribution in [-0.4, -0.2) is 11.4 Å². The first-order chi connectivity index (χ1) is 3.06. The first kappa shape index (κ1) is 6.84. The molecule has 0 saturated carbocycles. The predicted octanol–water partition coefficient (Wildman–Crippen LogP) is -1.17. The fraction of sp³-hybridized carbons (Fsp3) is 1.00. The van der Waals surface area contributed by atoms with Crippen LogP contribution in [0.2, 0.25) is 0 Å². The molecular weight excluding hydrogens is 92.1 g/mol. The van der Waals surface area contributed by atoms with Gasteiger partial charge in [-0.2, -0.15) is 0 Å². The Morgan fingerprint density at radius 1 is 1.29 bits per heavy atom. The normalized spacial score (nSPS) is 12.0. The van der Waals surface area contributed by atoms with E-state index in [1.54, 1.807) is 0 Å². The van der Waals surface area contributed by atoms with E-state index in [0.29, 0.717) is 6.54 Å². The Morgan fingerprint density at radius 2 is 1.71 bits per heavy atom. The first-order valence-electron chi connectivity index (χ1n) is 2.30. The van der Waals surface area contributed by atoms with Gasteiger partial charge in [0.1, 0.15) is 6.54 Å². The smallest absolute Gasteiger partial charge is 0.134 e. The van der Waals surface area contributed by atoms with Crippen LogP contribution in [0.15, 0.2) is 0 Å². The molecule has 0 bridgehead atoms. The maximum absolute atomic E-state index is 5.14. The maximum Gasteiger partial charge on any atom is 0.134 e. The minimum absolute atomic E-state index is 0.406. The van der Waals surface area contributed by atoms with Crippen LogP contribution < -0.4 is 17.5 Å². The van der Waals surface area contributed by atoms with Gasteiger partial charge in [0.15, 0.2) is 0 Å². The molecule has 0 atom stereocenters. The average Bonchev–Trinajstić information content (AvgIpc) is 1.30. The lowest BCUT2D eigenvalue weighted by molar-refractivity contribution is -0.963. The molecule has 0 saturated heterocycles. The van der Waals surface area contributed by atoms with E-state index in [0.717, 1.165) is 6.42 Å². The molecule has 0 rings (SSSR count). The highest BCUT2D eigenvalue weighted by Crippen LogP contribution is 1.77. The zero-order valence-corrected chi connectivity index (χ0v) is 4.59. The predicted molar refractivity (Wildman–Crippen MR) is 28.0 cm³/mol. The van der Waals surface area contributed by atoms with Crippen molar-refractivity contribution in [3.05, 3.63) is 0 Å². The number of hydrogen-bond donors (Lipinski definition) is 3. The van der Waals surface area contributed by atoms with Gasteiger partial charge in [-0.1, -0.05) is 6.92 Å². The molecule has 0 amide bonds. The number of quaternary nitrogens is 1. The van der Waals surface area contributed by atoms with Gasteiger partial charge in [-0.15, -0.1) is 22.3 Å². The van der Waals surface area contributed by atoms with Crippen molar-refractivity contribution < 1.29 is 4.81 Å². The highest BCUT2D eigenvalue weighted by molar-refractivity contribution is 4.15. The zero-order chi connectivity index (χ0) is 5.91. The third-order valence-electron chi connectivity index (χ3n) is 0.611. The molecule has 4 nitrogen and oxygen atoms in total. The van der Waals surface area contributed by atoms with Crippen LogP contribution in [0.3, 0.4) is 0 Å². The van der Waals surface area contributed by atoms with Crippen LogP contribution >= 0.6 is 0 Å². The summed E-state index contributed by atoms with van der Waals surface area (Å²) in [7, 11) is 0. The minimum Gasteiger partial charge on any atom is -0.142 e. The Kier molecular flexibility index (Phi) is 2.17. The van der Waals surface area contributed by atoms with Gasteiger partial charge in [0, 0.05) is 0 Å². The molecule has 0 heterocycles. The molecule has 0 aliphatic heterocycles. The monoisotopic (exact) mass is 105 g/mol. The van der Waals surface area contributed by atoms with E-state index in [-0.39, 0.29) is 0 Å². The van der Waals surface area contributed by atoms with Gasteiger partial charge in [-0.25, -0.2) is 0 Å². The van der Waals surface area contributed by atoms with Crippen molar-refractivity contribution in [2.45, 2.75) is 13.3 Å². The fourth-order valence-corrected chi connectivity index (χ4v) is 0.387. The van der Waals surface area contributed by atoms with Gasteiger partial charge in [-0.05, 0) is 6.42 Å². The average molecular weight is 105 g/mol. The molecule has 0 unspecified atom stereocenters. The second-order valence-electron chi connectivity index (χ2n) is 1.72. The van der Waals surface area contributed by atoms with Crippen LogP contribution in [0.4, 0.5) is 0 Å². The van der Waals surface area contributed by atoms with Gasteiger partial charge >= 0.3 is 0 Å². The van der Waals surface area contributed by atoms with Crippen LogP contribution in [0.5, 0.6) is 0 Å². The first-order valence-corrected chi connectivity index (χ1v) is 2.30. The van der Waals surface area contributed by atoms with E-state index in [1.165, 1.54) is 0 Å². The molecular formula is C3H13N4+. The van der Waals surface area contributed by atoms with E-state index >= 15 is 0 Å². The third-order valence-corrected chi connectivity index (χ3v) is 0.611. The summed E-state index contributed by atoms with van der Waals surface area (Å²) in [5.74, 6) is 15.4. The Bertz CT molecular complexity index is 45.4. The van der Waals surface area contributed by atoms with Crippen LogP contribution in [0, 0.1) is 0 Å². The Balaban J connectivity index is 3.15. The summed E-state index contributed by atoms with van der Waals surface area (Å²) in [5.41, 5.74) is 0. The molecule has 0 radical (unpaired) electrons. The summed E-state index contributed by atoms with van der Waals surface area (Å²) in [6.07, 6.45) is 0.906. The van der Waals surface area contributed by atoms with Crippen molar-refractivity contribution in [1.82, 2.24) is 0 Å². The molecule has 0 aliphatic carbocycles. The standard InChI is InChI=1S/C3H13N4/c1-2-3-7(4,5)6/h2-6H2,1H3/q+1. The lowest BCUT2D eigenvalue weighted by atomic mass is 10.5. The topological polar surface area (TPSA) is 78.1 Å². The second-order valence-corrected chi connectivity index (χ2v) is 1.72. The van der Waals surface area contributed by atoms with Crippen LogP contribution in [-0.2, 0) is 0 Å². The number of rotatable bonds is 2. The van der Waals surface area contributed by atoms with Crippen molar-refractivity contribution in [3.8, 4) is 0 Å². The van der Waals surface area contributed by atoms with Crippen molar-refractivity contribution in [1.29, 1.82) is 0 Å². The van der Waals surface area contributed by atoms with Gasteiger partial charge in [0.25, 0.3) is 0 Å². The van der Waals surface area contributed by atoms with E-state index in [1.807, 2.05) is 6.92 Å². The molecule has 0 fully saturated rings. The molecule has 0 aromatic carbocycles. The SMILES string of the molecule is CCC[N+](N)(N)N. The highest BCUT2D eigenvalue weighted by atomic mass is 15.9. The van der Waals surface area contributed by atoms with Gasteiger partial charge in [0.2, 0.25) is 0 Å². The lowest BCUT2D eigenvalue weighted by Gasteiger charge is -2.17. The highest BCUT2D eigenvalue weighted by Gasteiger charge is 2.05. The van der Waals surface area contributed by atoms with Gasteiger partial charge < -0.3 is 0 Å². The fourth-order valence-electron chi connectivity index (χ4n) is 0.387. The quantitative estimate of drug-likeness (QED) is 0.235. The minimum atomic E-state index is -0.406. The van der Waals surface area contributed by atoms with Crippen LogP contribution in [0.25, 0.3) is 0 Å². The molecule has 6 N–H and O–H groups in total. The van der Waals surface area contributed by atoms with Crippen molar-refractivity contribution in [2.75, 3.05) is 6.54 Å². The summed E-state index contributed by atoms with van der Waals surface area (Å²) in [6.45, 7) is 2.58. The molecule has 0 aliphatic rings. The van der Waals surface area contributed by atoms with E-state index in [4.69, 9.17) is 17.5 Å². The molecule has 0 aromatic rings. The van der Waals surface area contributed by atoms with Gasteiger partial charge in [-0.3, -0.25) is 0 Å². The summed E-state index contributed by atoms with van der Waals surface area (Å²) >= 11 is 0. The Hall–Kier alpha value is -0.160. The van der Waals surface area contributed by atoms with E-state index in [9.17, 15) is 0 Å². The number of nitrogens with two attached hydrogens (primary N) is 3. The molecule has 7 heavy (non-hydrogen) atoms. The summed E-state index contributed by atoms with van der Waals surface area (Å²) < 4.78 is 0.